The SMILES string of the molecule is Cc1nnn(C23CC4CC(C2)CC(n2ccnc2-c2ccc(C#N)cc2)(C4)C3)n1. The van der Waals surface area contributed by atoms with E-state index in [1.165, 1.54) is 19.3 Å². The molecule has 0 N–H and O–H groups in total. The molecule has 2 heterocycles. The van der Waals surface area contributed by atoms with Gasteiger partial charge in [0.25, 0.3) is 0 Å². The monoisotopic (exact) mass is 385 g/mol. The minimum Gasteiger partial charge on any atom is -0.325 e. The fraction of sp³-hybridized carbons (Fsp3) is 0.500. The molecule has 7 heteroatoms. The van der Waals surface area contributed by atoms with E-state index in [2.05, 4.69) is 32.2 Å². The predicted octanol–water partition coefficient (Wildman–Crippen LogP) is 3.42. The van der Waals surface area contributed by atoms with Crippen LogP contribution in [0.15, 0.2) is 36.7 Å². The van der Waals surface area contributed by atoms with Gasteiger partial charge in [-0.2, -0.15) is 10.1 Å². The van der Waals surface area contributed by atoms with E-state index in [4.69, 9.17) is 10.2 Å². The quantitative estimate of drug-likeness (QED) is 0.690. The van der Waals surface area contributed by atoms with E-state index in [0.717, 1.165) is 36.5 Å². The molecule has 146 valence electrons. The number of hydrogen-bond acceptors (Lipinski definition) is 5. The average Bonchev–Trinajstić information content (AvgIpc) is 3.37. The minimum atomic E-state index is -0.0302. The van der Waals surface area contributed by atoms with Crippen molar-refractivity contribution in [3.05, 3.63) is 48.0 Å². The number of benzene rings is 1. The van der Waals surface area contributed by atoms with Gasteiger partial charge in [0.2, 0.25) is 0 Å². The van der Waals surface area contributed by atoms with E-state index in [-0.39, 0.29) is 11.1 Å². The first-order valence-corrected chi connectivity index (χ1v) is 10.4. The van der Waals surface area contributed by atoms with Crippen molar-refractivity contribution in [2.45, 2.75) is 56.5 Å². The Morgan fingerprint density at radius 1 is 1.07 bits per heavy atom. The first-order valence-electron chi connectivity index (χ1n) is 10.4. The molecule has 2 atom stereocenters. The Morgan fingerprint density at radius 2 is 1.79 bits per heavy atom. The molecule has 3 aromatic rings. The van der Waals surface area contributed by atoms with E-state index in [0.29, 0.717) is 17.4 Å². The average molecular weight is 385 g/mol. The van der Waals surface area contributed by atoms with E-state index in [9.17, 15) is 0 Å². The Balaban J connectivity index is 1.45. The summed E-state index contributed by atoms with van der Waals surface area (Å²) in [6.07, 6.45) is 11.1. The van der Waals surface area contributed by atoms with Gasteiger partial charge in [0.05, 0.1) is 17.2 Å². The maximum absolute atomic E-state index is 9.12. The lowest BCUT2D eigenvalue weighted by molar-refractivity contribution is -0.103. The van der Waals surface area contributed by atoms with Gasteiger partial charge < -0.3 is 4.57 Å². The largest absolute Gasteiger partial charge is 0.325 e. The van der Waals surface area contributed by atoms with Gasteiger partial charge in [-0.25, -0.2) is 4.98 Å². The molecule has 7 rings (SSSR count). The molecular formula is C22H23N7. The van der Waals surface area contributed by atoms with Gasteiger partial charge in [-0.1, -0.05) is 0 Å². The zero-order valence-electron chi connectivity index (χ0n) is 16.5. The van der Waals surface area contributed by atoms with E-state index >= 15 is 0 Å². The molecule has 29 heavy (non-hydrogen) atoms. The van der Waals surface area contributed by atoms with Crippen molar-refractivity contribution in [1.82, 2.24) is 29.8 Å². The van der Waals surface area contributed by atoms with Crippen LogP contribution in [0.2, 0.25) is 0 Å². The molecule has 0 amide bonds. The van der Waals surface area contributed by atoms with Crippen LogP contribution in [0, 0.1) is 30.1 Å². The summed E-state index contributed by atoms with van der Waals surface area (Å²) in [4.78, 5) is 6.67. The van der Waals surface area contributed by atoms with Gasteiger partial charge in [-0.05, 0) is 86.8 Å². The molecule has 4 fully saturated rings. The van der Waals surface area contributed by atoms with Crippen LogP contribution in [0.3, 0.4) is 0 Å². The van der Waals surface area contributed by atoms with Crippen molar-refractivity contribution in [2.24, 2.45) is 11.8 Å². The summed E-state index contributed by atoms with van der Waals surface area (Å²) < 4.78 is 2.42. The van der Waals surface area contributed by atoms with E-state index in [1.54, 1.807) is 0 Å². The fourth-order valence-corrected chi connectivity index (χ4v) is 6.76. The smallest absolute Gasteiger partial charge is 0.171 e. The van der Waals surface area contributed by atoms with Gasteiger partial charge in [-0.15, -0.1) is 10.2 Å². The molecule has 0 aliphatic heterocycles. The molecule has 7 nitrogen and oxygen atoms in total. The predicted molar refractivity (Wildman–Crippen MR) is 106 cm³/mol. The Hall–Kier alpha value is -3.01. The van der Waals surface area contributed by atoms with E-state index < -0.39 is 0 Å². The molecule has 0 saturated heterocycles. The molecule has 0 spiro atoms. The lowest BCUT2D eigenvalue weighted by atomic mass is 9.50. The highest BCUT2D eigenvalue weighted by molar-refractivity contribution is 5.57. The standard InChI is InChI=1S/C22H23N7/c1-15-25-27-29(26-15)22-11-17-8-18(12-22)10-21(9-17,14-22)28-7-6-24-20(28)19-4-2-16(13-23)3-5-19/h2-7,17-18H,8-12,14H2,1H3. The summed E-state index contributed by atoms with van der Waals surface area (Å²) in [6, 6.07) is 9.96. The normalized spacial score (nSPS) is 32.4. The molecule has 4 aliphatic rings. The lowest BCUT2D eigenvalue weighted by Crippen LogP contribution is -2.60. The van der Waals surface area contributed by atoms with Crippen LogP contribution < -0.4 is 0 Å². The number of nitriles is 1. The number of tetrazole rings is 1. The molecule has 1 aromatic carbocycles. The van der Waals surface area contributed by atoms with Crippen molar-refractivity contribution in [2.75, 3.05) is 0 Å². The van der Waals surface area contributed by atoms with Crippen LogP contribution >= 0.6 is 0 Å². The highest BCUT2D eigenvalue weighted by atomic mass is 15.6. The summed E-state index contributed by atoms with van der Waals surface area (Å²) in [5.41, 5.74) is 1.75. The Morgan fingerprint density at radius 3 is 2.45 bits per heavy atom. The van der Waals surface area contributed by atoms with E-state index in [1.807, 2.05) is 42.2 Å². The molecule has 2 aromatic heterocycles. The third-order valence-electron chi connectivity index (χ3n) is 7.36. The molecule has 4 aliphatic carbocycles. The zero-order valence-corrected chi connectivity index (χ0v) is 16.5. The molecule has 0 radical (unpaired) electrons. The van der Waals surface area contributed by atoms with Crippen molar-refractivity contribution in [1.29, 1.82) is 5.26 Å². The first-order chi connectivity index (χ1) is 14.1. The second-order valence-electron chi connectivity index (χ2n) is 9.35. The summed E-state index contributed by atoms with van der Waals surface area (Å²) in [5.74, 6) is 3.13. The van der Waals surface area contributed by atoms with Crippen molar-refractivity contribution >= 4 is 0 Å². The fourth-order valence-electron chi connectivity index (χ4n) is 6.76. The highest BCUT2D eigenvalue weighted by Crippen LogP contribution is 2.63. The first kappa shape index (κ1) is 16.9. The van der Waals surface area contributed by atoms with Crippen LogP contribution in [0.4, 0.5) is 0 Å². The van der Waals surface area contributed by atoms with Crippen LogP contribution in [0.25, 0.3) is 11.4 Å². The minimum absolute atomic E-state index is 0.0302. The van der Waals surface area contributed by atoms with Crippen LogP contribution in [-0.4, -0.2) is 29.8 Å². The third-order valence-corrected chi connectivity index (χ3v) is 7.36. The van der Waals surface area contributed by atoms with Crippen molar-refractivity contribution in [3.8, 4) is 17.5 Å². The third kappa shape index (κ3) is 2.41. The molecule has 4 bridgehead atoms. The highest BCUT2D eigenvalue weighted by Gasteiger charge is 2.60. The molecule has 4 saturated carbocycles. The Labute approximate surface area is 169 Å². The maximum atomic E-state index is 9.12. The Kier molecular flexibility index (Phi) is 3.35. The summed E-state index contributed by atoms with van der Waals surface area (Å²) in [7, 11) is 0. The van der Waals surface area contributed by atoms with Gasteiger partial charge in [0, 0.05) is 23.5 Å². The van der Waals surface area contributed by atoms with Gasteiger partial charge in [0.15, 0.2) is 5.82 Å². The molecular weight excluding hydrogens is 362 g/mol. The van der Waals surface area contributed by atoms with Crippen LogP contribution in [0.1, 0.15) is 49.9 Å². The maximum Gasteiger partial charge on any atom is 0.171 e. The number of nitrogens with zero attached hydrogens (tertiary/aromatic N) is 7. The molecule has 2 unspecified atom stereocenters. The number of rotatable bonds is 3. The van der Waals surface area contributed by atoms with Gasteiger partial charge in [0.1, 0.15) is 5.82 Å². The number of imidazole rings is 1. The lowest BCUT2D eigenvalue weighted by Gasteiger charge is -2.61. The van der Waals surface area contributed by atoms with Gasteiger partial charge in [-0.3, -0.25) is 0 Å². The second-order valence-corrected chi connectivity index (χ2v) is 9.35. The Bertz CT molecular complexity index is 1100. The van der Waals surface area contributed by atoms with Crippen LogP contribution in [-0.2, 0) is 11.1 Å². The zero-order chi connectivity index (χ0) is 19.6. The summed E-state index contributed by atoms with van der Waals surface area (Å²) >= 11 is 0. The summed E-state index contributed by atoms with van der Waals surface area (Å²) in [6.45, 7) is 1.92. The second kappa shape index (κ2) is 5.76. The van der Waals surface area contributed by atoms with Gasteiger partial charge >= 0.3 is 0 Å². The van der Waals surface area contributed by atoms with Crippen molar-refractivity contribution in [3.63, 3.8) is 0 Å². The number of hydrogen-bond donors (Lipinski definition) is 0. The number of aryl methyl sites for hydroxylation is 1. The van der Waals surface area contributed by atoms with Crippen molar-refractivity contribution < 1.29 is 0 Å². The topological polar surface area (TPSA) is 85.2 Å². The summed E-state index contributed by atoms with van der Waals surface area (Å²) in [5, 5.41) is 22.4. The van der Waals surface area contributed by atoms with Crippen LogP contribution in [0.5, 0.6) is 0 Å². The number of aromatic nitrogens is 6.